The van der Waals surface area contributed by atoms with Gasteiger partial charge >= 0.3 is 0 Å². The summed E-state index contributed by atoms with van der Waals surface area (Å²) < 4.78 is 15.9. The number of rotatable bonds is 5. The van der Waals surface area contributed by atoms with Crippen molar-refractivity contribution in [2.75, 3.05) is 6.54 Å². The molecule has 1 aromatic heterocycles. The second kappa shape index (κ2) is 5.78. The first-order chi connectivity index (χ1) is 8.76. The van der Waals surface area contributed by atoms with Gasteiger partial charge in [-0.25, -0.2) is 9.37 Å². The molecule has 3 nitrogen and oxygen atoms in total. The van der Waals surface area contributed by atoms with Crippen molar-refractivity contribution in [1.82, 2.24) is 9.55 Å². The topological polar surface area (TPSA) is 43.8 Å². The van der Waals surface area contributed by atoms with E-state index in [0.717, 1.165) is 24.2 Å². The number of hydrogen-bond donors (Lipinski definition) is 1. The number of imidazole rings is 1. The predicted molar refractivity (Wildman–Crippen MR) is 70.3 cm³/mol. The van der Waals surface area contributed by atoms with Crippen molar-refractivity contribution in [3.05, 3.63) is 47.8 Å². The molecule has 0 saturated heterocycles. The van der Waals surface area contributed by atoms with Crippen LogP contribution < -0.4 is 5.73 Å². The van der Waals surface area contributed by atoms with Crippen LogP contribution in [0.4, 0.5) is 4.39 Å². The molecule has 0 spiro atoms. The van der Waals surface area contributed by atoms with Crippen molar-refractivity contribution in [1.29, 1.82) is 0 Å². The van der Waals surface area contributed by atoms with Gasteiger partial charge in [0.25, 0.3) is 0 Å². The quantitative estimate of drug-likeness (QED) is 0.882. The van der Waals surface area contributed by atoms with Crippen LogP contribution in [0, 0.1) is 5.82 Å². The van der Waals surface area contributed by atoms with Crippen LogP contribution in [0.5, 0.6) is 0 Å². The maximum atomic E-state index is 14.1. The minimum absolute atomic E-state index is 0.226. The lowest BCUT2D eigenvalue weighted by molar-refractivity contribution is 0.612. The van der Waals surface area contributed by atoms with E-state index < -0.39 is 0 Å². The predicted octanol–water partition coefficient (Wildman–Crippen LogP) is 2.47. The zero-order valence-electron chi connectivity index (χ0n) is 10.6. The monoisotopic (exact) mass is 247 g/mol. The van der Waals surface area contributed by atoms with Crippen LogP contribution in [0.15, 0.2) is 30.6 Å². The lowest BCUT2D eigenvalue weighted by Gasteiger charge is -2.09. The smallest absolute Gasteiger partial charge is 0.147 e. The molecule has 0 saturated carbocycles. The highest BCUT2D eigenvalue weighted by Crippen LogP contribution is 2.18. The van der Waals surface area contributed by atoms with Crippen LogP contribution in [-0.4, -0.2) is 16.1 Å². The van der Waals surface area contributed by atoms with Crippen LogP contribution in [0.1, 0.15) is 24.7 Å². The molecule has 2 rings (SSSR count). The first-order valence-electron chi connectivity index (χ1n) is 6.27. The number of aryl methyl sites for hydroxylation is 1. The summed E-state index contributed by atoms with van der Waals surface area (Å²) >= 11 is 0. The second-order valence-electron chi connectivity index (χ2n) is 4.29. The van der Waals surface area contributed by atoms with Gasteiger partial charge in [-0.2, -0.15) is 0 Å². The van der Waals surface area contributed by atoms with E-state index in [1.165, 1.54) is 0 Å². The molecule has 0 atom stereocenters. The summed E-state index contributed by atoms with van der Waals surface area (Å²) in [5, 5.41) is 0. The fourth-order valence-corrected chi connectivity index (χ4v) is 2.03. The Hall–Kier alpha value is -1.68. The molecule has 0 aliphatic heterocycles. The molecule has 0 aliphatic carbocycles. The van der Waals surface area contributed by atoms with Crippen LogP contribution in [0.2, 0.25) is 0 Å². The third-order valence-electron chi connectivity index (χ3n) is 2.90. The largest absolute Gasteiger partial charge is 0.330 e. The van der Waals surface area contributed by atoms with E-state index in [2.05, 4.69) is 11.9 Å². The molecule has 0 bridgehead atoms. The van der Waals surface area contributed by atoms with E-state index >= 15 is 0 Å². The molecule has 0 amide bonds. The summed E-state index contributed by atoms with van der Waals surface area (Å²) in [4.78, 5) is 4.26. The summed E-state index contributed by atoms with van der Waals surface area (Å²) in [5.74, 6) is 0.666. The lowest BCUT2D eigenvalue weighted by Crippen LogP contribution is -2.06. The first-order valence-corrected chi connectivity index (χ1v) is 6.27. The normalized spacial score (nSPS) is 10.8. The number of hydrogen-bond acceptors (Lipinski definition) is 2. The average Bonchev–Trinajstić information content (AvgIpc) is 2.78. The van der Waals surface area contributed by atoms with Crippen molar-refractivity contribution < 1.29 is 4.39 Å². The average molecular weight is 247 g/mol. The second-order valence-corrected chi connectivity index (χ2v) is 4.29. The Morgan fingerprint density at radius 3 is 2.83 bits per heavy atom. The third kappa shape index (κ3) is 2.59. The van der Waals surface area contributed by atoms with Crippen molar-refractivity contribution in [3.63, 3.8) is 0 Å². The van der Waals surface area contributed by atoms with E-state index in [1.807, 2.05) is 10.6 Å². The van der Waals surface area contributed by atoms with Crippen LogP contribution in [0.25, 0.3) is 5.69 Å². The highest BCUT2D eigenvalue weighted by atomic mass is 19.1. The number of nitrogens with zero attached hydrogens (tertiary/aromatic N) is 2. The van der Waals surface area contributed by atoms with Gasteiger partial charge < -0.3 is 10.3 Å². The van der Waals surface area contributed by atoms with Gasteiger partial charge in [0.2, 0.25) is 0 Å². The van der Waals surface area contributed by atoms with E-state index in [1.54, 1.807) is 24.5 Å². The molecule has 2 N–H and O–H groups in total. The zero-order chi connectivity index (χ0) is 13.0. The van der Waals surface area contributed by atoms with Gasteiger partial charge in [0, 0.05) is 18.8 Å². The number of nitrogens with two attached hydrogens (primary N) is 1. The Bertz CT molecular complexity index is 520. The number of halogens is 1. The molecule has 2 aromatic rings. The Balaban J connectivity index is 2.35. The molecular weight excluding hydrogens is 229 g/mol. The van der Waals surface area contributed by atoms with Gasteiger partial charge in [0.05, 0.1) is 5.69 Å². The summed E-state index contributed by atoms with van der Waals surface area (Å²) in [7, 11) is 0. The molecule has 0 unspecified atom stereocenters. The highest BCUT2D eigenvalue weighted by molar-refractivity contribution is 5.38. The number of aromatic nitrogens is 2. The van der Waals surface area contributed by atoms with E-state index in [9.17, 15) is 4.39 Å². The van der Waals surface area contributed by atoms with Crippen LogP contribution in [0.3, 0.4) is 0 Å². The molecule has 96 valence electrons. The summed E-state index contributed by atoms with van der Waals surface area (Å²) in [6.45, 7) is 2.62. The fraction of sp³-hybridized carbons (Fsp3) is 0.357. The third-order valence-corrected chi connectivity index (χ3v) is 2.90. The first kappa shape index (κ1) is 12.8. The summed E-state index contributed by atoms with van der Waals surface area (Å²) in [6, 6.07) is 5.26. The molecule has 1 aromatic carbocycles. The molecule has 1 heterocycles. The maximum absolute atomic E-state index is 14.1. The van der Waals surface area contributed by atoms with Crippen molar-refractivity contribution in [2.24, 2.45) is 5.73 Å². The molecular formula is C14H18FN3. The van der Waals surface area contributed by atoms with Gasteiger partial charge in [-0.3, -0.25) is 0 Å². The SMILES string of the molecule is CCCc1nccn1-c1ccc(CCN)cc1F. The van der Waals surface area contributed by atoms with E-state index in [4.69, 9.17) is 5.73 Å². The lowest BCUT2D eigenvalue weighted by atomic mass is 10.1. The van der Waals surface area contributed by atoms with E-state index in [-0.39, 0.29) is 5.82 Å². The van der Waals surface area contributed by atoms with Crippen LogP contribution >= 0.6 is 0 Å². The Morgan fingerprint density at radius 2 is 2.17 bits per heavy atom. The molecule has 0 fully saturated rings. The van der Waals surface area contributed by atoms with E-state index in [0.29, 0.717) is 18.7 Å². The molecule has 18 heavy (non-hydrogen) atoms. The number of benzene rings is 1. The van der Waals surface area contributed by atoms with Gasteiger partial charge in [-0.15, -0.1) is 0 Å². The summed E-state index contributed by atoms with van der Waals surface area (Å²) in [6.07, 6.45) is 6.04. The van der Waals surface area contributed by atoms with Gasteiger partial charge in [0.15, 0.2) is 0 Å². The van der Waals surface area contributed by atoms with Crippen molar-refractivity contribution >= 4 is 0 Å². The molecule has 0 aliphatic rings. The summed E-state index contributed by atoms with van der Waals surface area (Å²) in [5.41, 5.74) is 6.95. The van der Waals surface area contributed by atoms with Crippen molar-refractivity contribution in [2.45, 2.75) is 26.2 Å². The van der Waals surface area contributed by atoms with Gasteiger partial charge in [0.1, 0.15) is 11.6 Å². The fourth-order valence-electron chi connectivity index (χ4n) is 2.03. The zero-order valence-corrected chi connectivity index (χ0v) is 10.6. The van der Waals surface area contributed by atoms with Crippen molar-refractivity contribution in [3.8, 4) is 5.69 Å². The standard InChI is InChI=1S/C14H18FN3/c1-2-3-14-17-8-9-18(14)13-5-4-11(6-7-16)10-12(13)15/h4-5,8-10H,2-3,6-7,16H2,1H3. The Morgan fingerprint density at radius 1 is 1.33 bits per heavy atom. The minimum atomic E-state index is -0.226. The van der Waals surface area contributed by atoms with Crippen LogP contribution in [-0.2, 0) is 12.8 Å². The minimum Gasteiger partial charge on any atom is -0.330 e. The molecule has 4 heteroatoms. The maximum Gasteiger partial charge on any atom is 0.147 e. The van der Waals surface area contributed by atoms with Gasteiger partial charge in [-0.1, -0.05) is 13.0 Å². The Labute approximate surface area is 106 Å². The van der Waals surface area contributed by atoms with Gasteiger partial charge in [-0.05, 0) is 37.1 Å². The molecule has 0 radical (unpaired) electrons. The Kier molecular flexibility index (Phi) is 4.10. The highest BCUT2D eigenvalue weighted by Gasteiger charge is 2.09.